The predicted octanol–water partition coefficient (Wildman–Crippen LogP) is 6.04. The van der Waals surface area contributed by atoms with Gasteiger partial charge in [-0.1, -0.05) is 20.8 Å². The van der Waals surface area contributed by atoms with Crippen LogP contribution in [-0.2, 0) is 9.47 Å². The highest BCUT2D eigenvalue weighted by Gasteiger charge is 2.60. The van der Waals surface area contributed by atoms with Crippen molar-refractivity contribution in [1.29, 1.82) is 0 Å². The van der Waals surface area contributed by atoms with Crippen molar-refractivity contribution in [2.24, 2.45) is 46.3 Å². The maximum Gasteiger partial charge on any atom is 0.156 e. The van der Waals surface area contributed by atoms with Crippen molar-refractivity contribution in [3.8, 4) is 0 Å². The quantitative estimate of drug-likeness (QED) is 0.546. The molecule has 4 aliphatic rings. The van der Waals surface area contributed by atoms with E-state index in [9.17, 15) is 5.11 Å². The van der Waals surface area contributed by atoms with Gasteiger partial charge in [0.05, 0.1) is 6.10 Å². The van der Waals surface area contributed by atoms with Crippen LogP contribution in [0.2, 0.25) is 0 Å². The summed E-state index contributed by atoms with van der Waals surface area (Å²) in [5, 5.41) is 10.3. The van der Waals surface area contributed by atoms with Gasteiger partial charge < -0.3 is 14.6 Å². The summed E-state index contributed by atoms with van der Waals surface area (Å²) in [4.78, 5) is 0. The molecule has 0 aromatic heterocycles. The van der Waals surface area contributed by atoms with Gasteiger partial charge in [-0.3, -0.25) is 0 Å². The van der Waals surface area contributed by atoms with Crippen LogP contribution >= 0.6 is 0 Å². The second-order valence-corrected chi connectivity index (χ2v) is 11.8. The fourth-order valence-corrected chi connectivity index (χ4v) is 9.14. The molecule has 1 N–H and O–H groups in total. The Morgan fingerprint density at radius 2 is 1.55 bits per heavy atom. The van der Waals surface area contributed by atoms with Crippen molar-refractivity contribution in [2.45, 2.75) is 104 Å². The molecule has 0 spiro atoms. The summed E-state index contributed by atoms with van der Waals surface area (Å²) in [5.41, 5.74) is 1.03. The number of hydrogen-bond acceptors (Lipinski definition) is 3. The normalized spacial score (nSPS) is 48.1. The summed E-state index contributed by atoms with van der Waals surface area (Å²) in [7, 11) is 3.52. The molecule has 4 rings (SSSR count). The van der Waals surface area contributed by atoms with Crippen LogP contribution in [0.4, 0.5) is 0 Å². The first-order valence-electron chi connectivity index (χ1n) is 12.6. The van der Waals surface area contributed by atoms with Crippen molar-refractivity contribution in [1.82, 2.24) is 0 Å². The maximum absolute atomic E-state index is 10.3. The van der Waals surface area contributed by atoms with E-state index in [1.807, 2.05) is 0 Å². The van der Waals surface area contributed by atoms with Crippen LogP contribution in [0, 0.1) is 46.3 Å². The van der Waals surface area contributed by atoms with E-state index >= 15 is 0 Å². The first-order valence-corrected chi connectivity index (χ1v) is 12.6. The van der Waals surface area contributed by atoms with E-state index in [0.29, 0.717) is 10.8 Å². The van der Waals surface area contributed by atoms with E-state index in [4.69, 9.17) is 9.47 Å². The van der Waals surface area contributed by atoms with Crippen molar-refractivity contribution in [3.63, 3.8) is 0 Å². The van der Waals surface area contributed by atoms with Crippen LogP contribution in [0.15, 0.2) is 0 Å². The van der Waals surface area contributed by atoms with E-state index in [0.717, 1.165) is 54.8 Å². The van der Waals surface area contributed by atoms with E-state index in [1.54, 1.807) is 14.2 Å². The monoisotopic (exact) mass is 406 g/mol. The minimum absolute atomic E-state index is 0.0294. The molecule has 0 unspecified atom stereocenters. The number of methoxy groups -OCH3 is 2. The standard InChI is InChI=1S/C26H46O3/c1-17(6-11-24(28-4)29-5)21-9-10-22-20-8-7-18-16-19(27)12-14-25(18,2)23(20)13-15-26(21,22)3/h17-24,27H,6-16H2,1-5H3/t17-,18-,19-,20+,21-,22+,23+,25+,26-/m1/s1. The van der Waals surface area contributed by atoms with Gasteiger partial charge in [0.1, 0.15) is 0 Å². The molecule has 29 heavy (non-hydrogen) atoms. The van der Waals surface area contributed by atoms with Crippen LogP contribution in [0.1, 0.15) is 91.4 Å². The van der Waals surface area contributed by atoms with Crippen molar-refractivity contribution in [3.05, 3.63) is 0 Å². The zero-order chi connectivity index (χ0) is 20.8. The summed E-state index contributed by atoms with van der Waals surface area (Å²) < 4.78 is 10.9. The second-order valence-electron chi connectivity index (χ2n) is 11.8. The van der Waals surface area contributed by atoms with Crippen molar-refractivity contribution >= 4 is 0 Å². The highest BCUT2D eigenvalue weighted by Crippen LogP contribution is 2.68. The molecular weight excluding hydrogens is 360 g/mol. The number of aliphatic hydroxyl groups excluding tert-OH is 1. The molecule has 168 valence electrons. The van der Waals surface area contributed by atoms with Gasteiger partial charge in [0, 0.05) is 14.2 Å². The first-order chi connectivity index (χ1) is 13.8. The largest absolute Gasteiger partial charge is 0.393 e. The molecule has 0 aromatic carbocycles. The Labute approximate surface area is 179 Å². The number of ether oxygens (including phenoxy) is 2. The Morgan fingerprint density at radius 3 is 2.28 bits per heavy atom. The van der Waals surface area contributed by atoms with Gasteiger partial charge in [-0.25, -0.2) is 0 Å². The van der Waals surface area contributed by atoms with Crippen LogP contribution in [0.3, 0.4) is 0 Å². The van der Waals surface area contributed by atoms with Gasteiger partial charge in [-0.15, -0.1) is 0 Å². The third kappa shape index (κ3) is 3.72. The predicted molar refractivity (Wildman–Crippen MR) is 117 cm³/mol. The lowest BCUT2D eigenvalue weighted by atomic mass is 9.44. The molecule has 0 saturated heterocycles. The van der Waals surface area contributed by atoms with Crippen molar-refractivity contribution < 1.29 is 14.6 Å². The minimum Gasteiger partial charge on any atom is -0.393 e. The van der Waals surface area contributed by atoms with Crippen LogP contribution in [0.25, 0.3) is 0 Å². The fraction of sp³-hybridized carbons (Fsp3) is 1.00. The van der Waals surface area contributed by atoms with E-state index < -0.39 is 0 Å². The van der Waals surface area contributed by atoms with Gasteiger partial charge in [-0.2, -0.15) is 0 Å². The zero-order valence-corrected chi connectivity index (χ0v) is 19.7. The third-order valence-corrected chi connectivity index (χ3v) is 10.8. The Hall–Kier alpha value is -0.120. The number of hydrogen-bond donors (Lipinski definition) is 1. The van der Waals surface area contributed by atoms with Gasteiger partial charge in [0.15, 0.2) is 6.29 Å². The van der Waals surface area contributed by atoms with Gasteiger partial charge in [-0.05, 0) is 117 Å². The molecule has 0 radical (unpaired) electrons. The lowest BCUT2D eigenvalue weighted by molar-refractivity contribution is -0.131. The SMILES string of the molecule is COC(CC[C@@H](C)[C@H]1CC[C@H]2[C@@H]3CC[C@@H]4C[C@H](O)CC[C@]4(C)[C@H]3CC[C@]12C)OC. The average Bonchev–Trinajstić information content (AvgIpc) is 3.06. The molecule has 4 fully saturated rings. The van der Waals surface area contributed by atoms with Gasteiger partial charge in [0.2, 0.25) is 0 Å². The lowest BCUT2D eigenvalue weighted by Crippen LogP contribution is -2.54. The Balaban J connectivity index is 1.46. The summed E-state index contributed by atoms with van der Waals surface area (Å²) in [5.74, 6) is 5.17. The Morgan fingerprint density at radius 1 is 0.862 bits per heavy atom. The van der Waals surface area contributed by atoms with Crippen LogP contribution < -0.4 is 0 Å². The second kappa shape index (κ2) is 8.43. The molecule has 9 atom stereocenters. The average molecular weight is 407 g/mol. The summed E-state index contributed by atoms with van der Waals surface area (Å²) in [6, 6.07) is 0. The summed E-state index contributed by atoms with van der Waals surface area (Å²) in [6.07, 6.45) is 14.1. The molecule has 3 nitrogen and oxygen atoms in total. The molecule has 3 heteroatoms. The summed E-state index contributed by atoms with van der Waals surface area (Å²) in [6.45, 7) is 7.76. The molecular formula is C26H46O3. The molecule has 0 bridgehead atoms. The highest BCUT2D eigenvalue weighted by molar-refractivity contribution is 5.09. The molecule has 0 aromatic rings. The number of aliphatic hydroxyl groups is 1. The third-order valence-electron chi connectivity index (χ3n) is 10.8. The van der Waals surface area contributed by atoms with E-state index in [2.05, 4.69) is 20.8 Å². The van der Waals surface area contributed by atoms with E-state index in [-0.39, 0.29) is 12.4 Å². The number of fused-ring (bicyclic) bond motifs is 5. The van der Waals surface area contributed by atoms with Gasteiger partial charge >= 0.3 is 0 Å². The molecule has 0 heterocycles. The fourth-order valence-electron chi connectivity index (χ4n) is 9.14. The van der Waals surface area contributed by atoms with Crippen LogP contribution in [-0.4, -0.2) is 31.7 Å². The Bertz CT molecular complexity index is 560. The molecule has 0 aliphatic heterocycles. The number of rotatable bonds is 6. The molecule has 4 aliphatic carbocycles. The van der Waals surface area contributed by atoms with Crippen LogP contribution in [0.5, 0.6) is 0 Å². The first kappa shape index (κ1) is 22.1. The summed E-state index contributed by atoms with van der Waals surface area (Å²) >= 11 is 0. The smallest absolute Gasteiger partial charge is 0.156 e. The molecule has 0 amide bonds. The van der Waals surface area contributed by atoms with Gasteiger partial charge in [0.25, 0.3) is 0 Å². The lowest BCUT2D eigenvalue weighted by Gasteiger charge is -2.61. The minimum atomic E-state index is -0.0462. The maximum atomic E-state index is 10.3. The molecule has 4 saturated carbocycles. The van der Waals surface area contributed by atoms with E-state index in [1.165, 1.54) is 51.4 Å². The highest BCUT2D eigenvalue weighted by atomic mass is 16.7. The Kier molecular flexibility index (Phi) is 6.42. The zero-order valence-electron chi connectivity index (χ0n) is 19.7. The topological polar surface area (TPSA) is 38.7 Å². The van der Waals surface area contributed by atoms with Crippen molar-refractivity contribution in [2.75, 3.05) is 14.2 Å².